The first-order valence-corrected chi connectivity index (χ1v) is 10.7. The molecule has 0 unspecified atom stereocenters. The maximum absolute atomic E-state index is 12.5. The van der Waals surface area contributed by atoms with E-state index in [1.807, 2.05) is 18.2 Å². The summed E-state index contributed by atoms with van der Waals surface area (Å²) in [4.78, 5) is 16.6. The zero-order valence-corrected chi connectivity index (χ0v) is 17.1. The van der Waals surface area contributed by atoms with Gasteiger partial charge in [-0.05, 0) is 42.5 Å². The van der Waals surface area contributed by atoms with Crippen molar-refractivity contribution in [3.05, 3.63) is 61.1 Å². The summed E-state index contributed by atoms with van der Waals surface area (Å²) in [5.74, 6) is -0.261. The number of aromatic nitrogens is 3. The number of rotatable bonds is 8. The van der Waals surface area contributed by atoms with Crippen LogP contribution in [0.25, 0.3) is 11.3 Å². The van der Waals surface area contributed by atoms with Crippen molar-refractivity contribution < 1.29 is 13.2 Å². The first-order chi connectivity index (χ1) is 14.0. The summed E-state index contributed by atoms with van der Waals surface area (Å²) < 4.78 is 28.1. The number of hydrogen-bond acceptors (Lipinski definition) is 5. The molecule has 0 aliphatic carbocycles. The molecule has 1 N–H and O–H groups in total. The monoisotopic (exact) mass is 413 g/mol. The zero-order chi connectivity index (χ0) is 20.9. The maximum atomic E-state index is 12.5. The molecule has 1 amide bonds. The fraction of sp³-hybridized carbons (Fsp3) is 0.250. The van der Waals surface area contributed by atoms with E-state index in [1.165, 1.54) is 16.4 Å². The maximum Gasteiger partial charge on any atom is 0.246 e. The van der Waals surface area contributed by atoms with Crippen molar-refractivity contribution in [2.24, 2.45) is 0 Å². The highest BCUT2D eigenvalue weighted by atomic mass is 32.2. The third-order valence-corrected chi connectivity index (χ3v) is 6.53. The number of sulfonamides is 1. The Labute approximate surface area is 170 Å². The van der Waals surface area contributed by atoms with E-state index in [9.17, 15) is 13.2 Å². The molecule has 2 heterocycles. The van der Waals surface area contributed by atoms with Crippen LogP contribution in [0.3, 0.4) is 0 Å². The Bertz CT molecular complexity index is 1060. The molecule has 0 aliphatic rings. The minimum Gasteiger partial charge on any atom is -0.324 e. The van der Waals surface area contributed by atoms with Crippen LogP contribution in [0, 0.1) is 0 Å². The Hall–Kier alpha value is -3.04. The topological polar surface area (TPSA) is 97.2 Å². The number of carbonyl (C=O) groups is 1. The summed E-state index contributed by atoms with van der Waals surface area (Å²) >= 11 is 0. The Balaban J connectivity index is 1.69. The number of pyridine rings is 1. The van der Waals surface area contributed by atoms with E-state index < -0.39 is 10.0 Å². The van der Waals surface area contributed by atoms with Crippen LogP contribution in [0.1, 0.15) is 13.8 Å². The number of nitrogens with one attached hydrogen (secondary N) is 1. The Morgan fingerprint density at radius 1 is 1.00 bits per heavy atom. The zero-order valence-electron chi connectivity index (χ0n) is 16.3. The summed E-state index contributed by atoms with van der Waals surface area (Å²) in [6.07, 6.45) is 5.00. The third kappa shape index (κ3) is 4.69. The van der Waals surface area contributed by atoms with Crippen LogP contribution in [0.4, 0.5) is 5.69 Å². The quantitative estimate of drug-likeness (QED) is 0.612. The lowest BCUT2D eigenvalue weighted by Crippen LogP contribution is -2.30. The van der Waals surface area contributed by atoms with Gasteiger partial charge in [-0.3, -0.25) is 14.5 Å². The van der Waals surface area contributed by atoms with E-state index >= 15 is 0 Å². The van der Waals surface area contributed by atoms with Gasteiger partial charge in [-0.25, -0.2) is 8.42 Å². The second kappa shape index (κ2) is 8.97. The molecule has 0 saturated heterocycles. The normalized spacial score (nSPS) is 11.6. The van der Waals surface area contributed by atoms with Gasteiger partial charge < -0.3 is 5.32 Å². The van der Waals surface area contributed by atoms with Crippen molar-refractivity contribution in [3.8, 4) is 11.3 Å². The smallest absolute Gasteiger partial charge is 0.246 e. The van der Waals surface area contributed by atoms with E-state index in [2.05, 4.69) is 15.4 Å². The van der Waals surface area contributed by atoms with Gasteiger partial charge in [-0.15, -0.1) is 0 Å². The van der Waals surface area contributed by atoms with Gasteiger partial charge in [-0.2, -0.15) is 9.40 Å². The van der Waals surface area contributed by atoms with Gasteiger partial charge in [0.1, 0.15) is 6.54 Å². The van der Waals surface area contributed by atoms with Crippen molar-refractivity contribution >= 4 is 21.6 Å². The molecule has 0 radical (unpaired) electrons. The fourth-order valence-electron chi connectivity index (χ4n) is 2.99. The molecule has 0 saturated carbocycles. The Morgan fingerprint density at radius 3 is 2.28 bits per heavy atom. The predicted octanol–water partition coefficient (Wildman–Crippen LogP) is 2.61. The molecule has 152 valence electrons. The second-order valence-electron chi connectivity index (χ2n) is 6.27. The standard InChI is InChI=1S/C20H23N5O3S/c1-3-24(4-2)29(27,28)18-7-5-17(6-8-18)23-20(26)15-25-19(11-14-22-25)16-9-12-21-13-10-16/h5-14H,3-4,15H2,1-2H3,(H,23,26). The van der Waals surface area contributed by atoms with Crippen LogP contribution in [0.2, 0.25) is 0 Å². The Kier molecular flexibility index (Phi) is 6.40. The summed E-state index contributed by atoms with van der Waals surface area (Å²) in [5.41, 5.74) is 2.24. The molecule has 29 heavy (non-hydrogen) atoms. The van der Waals surface area contributed by atoms with Gasteiger partial charge in [0, 0.05) is 42.9 Å². The van der Waals surface area contributed by atoms with Gasteiger partial charge in [-0.1, -0.05) is 13.8 Å². The molecule has 9 heteroatoms. The summed E-state index contributed by atoms with van der Waals surface area (Å²) in [5, 5.41) is 6.98. The molecule has 0 fully saturated rings. The summed E-state index contributed by atoms with van der Waals surface area (Å²) in [7, 11) is -3.52. The van der Waals surface area contributed by atoms with Crippen molar-refractivity contribution in [3.63, 3.8) is 0 Å². The van der Waals surface area contributed by atoms with Crippen LogP contribution in [-0.4, -0.2) is 46.5 Å². The van der Waals surface area contributed by atoms with Crippen molar-refractivity contribution in [1.82, 2.24) is 19.1 Å². The molecule has 2 aromatic heterocycles. The average Bonchev–Trinajstić information content (AvgIpc) is 3.17. The molecule has 0 spiro atoms. The molecule has 0 aliphatic heterocycles. The molecule has 0 bridgehead atoms. The van der Waals surface area contributed by atoms with Gasteiger partial charge in [0.15, 0.2) is 0 Å². The lowest BCUT2D eigenvalue weighted by atomic mass is 10.2. The van der Waals surface area contributed by atoms with Crippen molar-refractivity contribution in [2.45, 2.75) is 25.3 Å². The van der Waals surface area contributed by atoms with Gasteiger partial charge >= 0.3 is 0 Å². The highest BCUT2D eigenvalue weighted by Gasteiger charge is 2.21. The molecular formula is C20H23N5O3S. The van der Waals surface area contributed by atoms with Crippen LogP contribution >= 0.6 is 0 Å². The van der Waals surface area contributed by atoms with Gasteiger partial charge in [0.25, 0.3) is 0 Å². The van der Waals surface area contributed by atoms with E-state index in [1.54, 1.807) is 49.3 Å². The highest BCUT2D eigenvalue weighted by Crippen LogP contribution is 2.19. The number of carbonyl (C=O) groups excluding carboxylic acids is 1. The van der Waals surface area contributed by atoms with E-state index in [0.717, 1.165) is 11.3 Å². The largest absolute Gasteiger partial charge is 0.324 e. The summed E-state index contributed by atoms with van der Waals surface area (Å²) in [6, 6.07) is 11.7. The van der Waals surface area contributed by atoms with E-state index in [4.69, 9.17) is 0 Å². The molecule has 3 aromatic rings. The highest BCUT2D eigenvalue weighted by molar-refractivity contribution is 7.89. The Morgan fingerprint density at radius 2 is 1.66 bits per heavy atom. The van der Waals surface area contributed by atoms with Gasteiger partial charge in [0.2, 0.25) is 15.9 Å². The molecular weight excluding hydrogens is 390 g/mol. The fourth-order valence-corrected chi connectivity index (χ4v) is 4.44. The molecule has 1 aromatic carbocycles. The summed E-state index contributed by atoms with van der Waals surface area (Å²) in [6.45, 7) is 4.43. The van der Waals surface area contributed by atoms with E-state index in [-0.39, 0.29) is 17.3 Å². The number of amides is 1. The van der Waals surface area contributed by atoms with Crippen molar-refractivity contribution in [1.29, 1.82) is 0 Å². The first kappa shape index (κ1) is 20.7. The molecule has 0 atom stereocenters. The minimum atomic E-state index is -3.52. The first-order valence-electron chi connectivity index (χ1n) is 9.28. The number of anilines is 1. The number of nitrogens with zero attached hydrogens (tertiary/aromatic N) is 4. The van der Waals surface area contributed by atoms with Crippen molar-refractivity contribution in [2.75, 3.05) is 18.4 Å². The van der Waals surface area contributed by atoms with E-state index in [0.29, 0.717) is 18.8 Å². The third-order valence-electron chi connectivity index (χ3n) is 4.47. The number of hydrogen-bond donors (Lipinski definition) is 1. The number of benzene rings is 1. The second-order valence-corrected chi connectivity index (χ2v) is 8.21. The lowest BCUT2D eigenvalue weighted by Gasteiger charge is -2.18. The van der Waals surface area contributed by atoms with Crippen LogP contribution < -0.4 is 5.32 Å². The minimum absolute atomic E-state index is 0.0319. The van der Waals surface area contributed by atoms with Crippen LogP contribution in [-0.2, 0) is 21.4 Å². The SMILES string of the molecule is CCN(CC)S(=O)(=O)c1ccc(NC(=O)Cn2nccc2-c2ccncc2)cc1. The molecule has 8 nitrogen and oxygen atoms in total. The van der Waals surface area contributed by atoms with Gasteiger partial charge in [0.05, 0.1) is 10.6 Å². The average molecular weight is 414 g/mol. The predicted molar refractivity (Wildman–Crippen MR) is 111 cm³/mol. The van der Waals surface area contributed by atoms with Crippen LogP contribution in [0.5, 0.6) is 0 Å². The lowest BCUT2D eigenvalue weighted by molar-refractivity contribution is -0.116. The van der Waals surface area contributed by atoms with Crippen LogP contribution in [0.15, 0.2) is 66.0 Å². The molecule has 3 rings (SSSR count).